The van der Waals surface area contributed by atoms with Crippen molar-refractivity contribution in [2.45, 2.75) is 0 Å². The number of pyridine rings is 1. The van der Waals surface area contributed by atoms with E-state index in [1.165, 1.54) is 12.3 Å². The van der Waals surface area contributed by atoms with E-state index in [-0.39, 0.29) is 11.5 Å². The minimum Gasteiger partial charge on any atom is -0.422 e. The fourth-order valence-corrected chi connectivity index (χ4v) is 2.79. The van der Waals surface area contributed by atoms with Gasteiger partial charge in [-0.3, -0.25) is 14.6 Å². The van der Waals surface area contributed by atoms with Gasteiger partial charge in [0.1, 0.15) is 11.1 Å². The Morgan fingerprint density at radius 2 is 1.59 bits per heavy atom. The van der Waals surface area contributed by atoms with E-state index in [0.717, 1.165) is 0 Å². The number of nitrogens with zero attached hydrogens (tertiary/aromatic N) is 1. The van der Waals surface area contributed by atoms with Crippen LogP contribution in [-0.4, -0.2) is 16.8 Å². The maximum absolute atomic E-state index is 12.6. The lowest BCUT2D eigenvalue weighted by atomic mass is 10.1. The molecule has 4 aromatic rings. The molecule has 0 aliphatic heterocycles. The van der Waals surface area contributed by atoms with Crippen LogP contribution in [-0.2, 0) is 0 Å². The van der Waals surface area contributed by atoms with Gasteiger partial charge in [0.15, 0.2) is 0 Å². The third kappa shape index (κ3) is 4.03. The Hall–Kier alpha value is -4.26. The molecule has 2 aromatic carbocycles. The number of carbonyl (C=O) groups excluding carboxylic acids is 2. The molecule has 0 aliphatic carbocycles. The van der Waals surface area contributed by atoms with Gasteiger partial charge in [0.25, 0.3) is 11.8 Å². The minimum atomic E-state index is -0.720. The number of fused-ring (bicyclic) bond motifs is 1. The van der Waals surface area contributed by atoms with Gasteiger partial charge in [-0.05, 0) is 42.5 Å². The molecule has 0 radical (unpaired) electrons. The fraction of sp³-hybridized carbons (Fsp3) is 0. The minimum absolute atomic E-state index is 0.103. The molecule has 2 aromatic heterocycles. The summed E-state index contributed by atoms with van der Waals surface area (Å²) < 4.78 is 5.20. The quantitative estimate of drug-likeness (QED) is 0.522. The third-order valence-electron chi connectivity index (χ3n) is 4.19. The molecule has 0 fully saturated rings. The van der Waals surface area contributed by atoms with E-state index < -0.39 is 11.5 Å². The summed E-state index contributed by atoms with van der Waals surface area (Å²) in [5, 5.41) is 6.04. The van der Waals surface area contributed by atoms with Gasteiger partial charge < -0.3 is 15.1 Å². The van der Waals surface area contributed by atoms with E-state index in [4.69, 9.17) is 4.42 Å². The Labute approximate surface area is 165 Å². The van der Waals surface area contributed by atoms with Crippen LogP contribution in [0.2, 0.25) is 0 Å². The van der Waals surface area contributed by atoms with Gasteiger partial charge in [-0.1, -0.05) is 24.3 Å². The van der Waals surface area contributed by atoms with Gasteiger partial charge in [0, 0.05) is 29.2 Å². The van der Waals surface area contributed by atoms with Crippen molar-refractivity contribution in [2.75, 3.05) is 10.6 Å². The van der Waals surface area contributed by atoms with Crippen molar-refractivity contribution < 1.29 is 14.0 Å². The maximum atomic E-state index is 12.6. The lowest BCUT2D eigenvalue weighted by Gasteiger charge is -2.09. The highest BCUT2D eigenvalue weighted by molar-refractivity contribution is 6.07. The summed E-state index contributed by atoms with van der Waals surface area (Å²) in [6.07, 6.45) is 3.04. The van der Waals surface area contributed by atoms with Gasteiger partial charge in [-0.25, -0.2) is 4.79 Å². The predicted molar refractivity (Wildman–Crippen MR) is 109 cm³/mol. The molecule has 2 amide bonds. The Bertz CT molecular complexity index is 1270. The molecule has 0 saturated heterocycles. The summed E-state index contributed by atoms with van der Waals surface area (Å²) in [5.41, 5.74) is 0.911. The average Bonchev–Trinajstić information content (AvgIpc) is 2.74. The number of anilines is 2. The van der Waals surface area contributed by atoms with Crippen LogP contribution in [0.3, 0.4) is 0 Å². The SMILES string of the molecule is O=C(Nc1cccc(NC(=O)c2cc3ccccc3oc2=O)c1)c1cccnc1. The van der Waals surface area contributed by atoms with E-state index >= 15 is 0 Å². The van der Waals surface area contributed by atoms with E-state index in [0.29, 0.717) is 27.9 Å². The zero-order chi connectivity index (χ0) is 20.2. The molecule has 2 N–H and O–H groups in total. The second kappa shape index (κ2) is 7.77. The van der Waals surface area contributed by atoms with E-state index in [9.17, 15) is 14.4 Å². The Kier molecular flexibility index (Phi) is 4.86. The van der Waals surface area contributed by atoms with E-state index in [1.807, 2.05) is 0 Å². The van der Waals surface area contributed by atoms with Crippen molar-refractivity contribution in [3.63, 3.8) is 0 Å². The molecule has 0 saturated carbocycles. The molecule has 142 valence electrons. The molecule has 0 unspecified atom stereocenters. The first-order chi connectivity index (χ1) is 14.1. The molecule has 29 heavy (non-hydrogen) atoms. The van der Waals surface area contributed by atoms with Gasteiger partial charge in [-0.2, -0.15) is 0 Å². The van der Waals surface area contributed by atoms with E-state index in [2.05, 4.69) is 15.6 Å². The van der Waals surface area contributed by atoms with Gasteiger partial charge >= 0.3 is 5.63 Å². The molecule has 0 aliphatic rings. The highest BCUT2D eigenvalue weighted by atomic mass is 16.4. The fourth-order valence-electron chi connectivity index (χ4n) is 2.79. The monoisotopic (exact) mass is 385 g/mol. The highest BCUT2D eigenvalue weighted by Crippen LogP contribution is 2.18. The topological polar surface area (TPSA) is 101 Å². The summed E-state index contributed by atoms with van der Waals surface area (Å²) in [7, 11) is 0. The number of amides is 2. The van der Waals surface area contributed by atoms with Crippen molar-refractivity contribution in [3.05, 3.63) is 101 Å². The third-order valence-corrected chi connectivity index (χ3v) is 4.19. The van der Waals surface area contributed by atoms with Crippen LogP contribution in [0.25, 0.3) is 11.0 Å². The Morgan fingerprint density at radius 1 is 0.828 bits per heavy atom. The van der Waals surface area contributed by atoms with Crippen molar-refractivity contribution in [3.8, 4) is 0 Å². The van der Waals surface area contributed by atoms with Crippen molar-refractivity contribution in [1.29, 1.82) is 0 Å². The van der Waals surface area contributed by atoms with Crippen LogP contribution in [0.5, 0.6) is 0 Å². The number of nitrogens with one attached hydrogen (secondary N) is 2. The summed E-state index contributed by atoms with van der Waals surface area (Å²) in [6, 6.07) is 18.4. The number of hydrogen-bond donors (Lipinski definition) is 2. The molecule has 2 heterocycles. The molecule has 0 bridgehead atoms. The van der Waals surface area contributed by atoms with Crippen LogP contribution in [0.15, 0.2) is 88.3 Å². The summed E-state index contributed by atoms with van der Waals surface area (Å²) in [5.74, 6) is -0.919. The molecule has 0 spiro atoms. The molecule has 7 nitrogen and oxygen atoms in total. The number of hydrogen-bond acceptors (Lipinski definition) is 5. The number of carbonyl (C=O) groups is 2. The first-order valence-electron chi connectivity index (χ1n) is 8.76. The zero-order valence-electron chi connectivity index (χ0n) is 15.1. The normalized spacial score (nSPS) is 10.5. The van der Waals surface area contributed by atoms with Crippen LogP contribution < -0.4 is 16.3 Å². The second-order valence-corrected chi connectivity index (χ2v) is 6.22. The Balaban J connectivity index is 1.53. The van der Waals surface area contributed by atoms with Crippen molar-refractivity contribution in [2.24, 2.45) is 0 Å². The maximum Gasteiger partial charge on any atom is 0.349 e. The standard InChI is InChI=1S/C22H15N3O4/c26-20(15-6-4-10-23-13-15)24-16-7-3-8-17(12-16)25-21(27)18-11-14-5-1-2-9-19(14)29-22(18)28/h1-13H,(H,24,26)(H,25,27). The van der Waals surface area contributed by atoms with Crippen LogP contribution in [0.4, 0.5) is 11.4 Å². The molecule has 0 atom stereocenters. The number of rotatable bonds is 4. The van der Waals surface area contributed by atoms with Crippen molar-refractivity contribution >= 4 is 34.2 Å². The van der Waals surface area contributed by atoms with Gasteiger partial charge in [0.05, 0.1) is 5.56 Å². The lowest BCUT2D eigenvalue weighted by Crippen LogP contribution is -2.20. The molecular formula is C22H15N3O4. The first-order valence-corrected chi connectivity index (χ1v) is 8.76. The van der Waals surface area contributed by atoms with Gasteiger partial charge in [-0.15, -0.1) is 0 Å². The summed E-state index contributed by atoms with van der Waals surface area (Å²) in [4.78, 5) is 40.9. The largest absolute Gasteiger partial charge is 0.422 e. The first kappa shape index (κ1) is 18.1. The van der Waals surface area contributed by atoms with Crippen molar-refractivity contribution in [1.82, 2.24) is 4.98 Å². The summed E-state index contributed by atoms with van der Waals surface area (Å²) >= 11 is 0. The molecular weight excluding hydrogens is 370 g/mol. The van der Waals surface area contributed by atoms with Crippen LogP contribution in [0, 0.1) is 0 Å². The van der Waals surface area contributed by atoms with Crippen LogP contribution in [0.1, 0.15) is 20.7 Å². The molecule has 4 rings (SSSR count). The Morgan fingerprint density at radius 3 is 2.34 bits per heavy atom. The highest BCUT2D eigenvalue weighted by Gasteiger charge is 2.14. The number of benzene rings is 2. The molecule has 7 heteroatoms. The predicted octanol–water partition coefficient (Wildman–Crippen LogP) is 3.69. The number of para-hydroxylation sites is 1. The zero-order valence-corrected chi connectivity index (χ0v) is 15.1. The average molecular weight is 385 g/mol. The second-order valence-electron chi connectivity index (χ2n) is 6.22. The summed E-state index contributed by atoms with van der Waals surface area (Å²) in [6.45, 7) is 0. The number of aromatic nitrogens is 1. The van der Waals surface area contributed by atoms with Gasteiger partial charge in [0.2, 0.25) is 0 Å². The smallest absolute Gasteiger partial charge is 0.349 e. The van der Waals surface area contributed by atoms with E-state index in [1.54, 1.807) is 66.9 Å². The lowest BCUT2D eigenvalue weighted by molar-refractivity contribution is 0.101. The van der Waals surface area contributed by atoms with Crippen LogP contribution >= 0.6 is 0 Å².